The van der Waals surface area contributed by atoms with Crippen LogP contribution >= 0.6 is 27.5 Å². The molecule has 0 saturated carbocycles. The average molecular weight is 249 g/mol. The first-order valence-electron chi connectivity index (χ1n) is 3.37. The highest BCUT2D eigenvalue weighted by atomic mass is 79.9. The molecule has 64 valence electrons. The molecule has 12 heavy (non-hydrogen) atoms. The maximum absolute atomic E-state index is 10.9. The molecule has 1 aromatic rings. The molecular formula is C8H7BrClNO. The van der Waals surface area contributed by atoms with Crippen LogP contribution in [-0.4, -0.2) is 10.8 Å². The minimum absolute atomic E-state index is 0.0531. The van der Waals surface area contributed by atoms with Crippen LogP contribution in [0.3, 0.4) is 0 Å². The molecule has 1 rings (SSSR count). The molecule has 0 aliphatic carbocycles. The third-order valence-corrected chi connectivity index (χ3v) is 2.07. The number of alkyl halides is 1. The van der Waals surface area contributed by atoms with Gasteiger partial charge in [-0.25, -0.2) is 4.98 Å². The van der Waals surface area contributed by atoms with E-state index in [1.54, 1.807) is 12.1 Å². The lowest BCUT2D eigenvalue weighted by atomic mass is 10.2. The Balaban J connectivity index is 3.15. The fourth-order valence-corrected chi connectivity index (χ4v) is 1.42. The summed E-state index contributed by atoms with van der Waals surface area (Å²) in [5.74, 6) is 0.266. The van der Waals surface area contributed by atoms with E-state index in [0.717, 1.165) is 4.47 Å². The highest BCUT2D eigenvalue weighted by molar-refractivity contribution is 9.10. The van der Waals surface area contributed by atoms with Crippen molar-refractivity contribution < 1.29 is 4.79 Å². The van der Waals surface area contributed by atoms with Crippen molar-refractivity contribution in [3.05, 3.63) is 28.0 Å². The van der Waals surface area contributed by atoms with Gasteiger partial charge < -0.3 is 0 Å². The molecule has 0 spiro atoms. The number of ketones is 1. The van der Waals surface area contributed by atoms with E-state index in [1.807, 2.05) is 0 Å². The largest absolute Gasteiger partial charge is 0.293 e. The summed E-state index contributed by atoms with van der Waals surface area (Å²) in [4.78, 5) is 15.0. The summed E-state index contributed by atoms with van der Waals surface area (Å²) in [6, 6.07) is 3.47. The van der Waals surface area contributed by atoms with E-state index in [9.17, 15) is 4.79 Å². The second-order valence-corrected chi connectivity index (χ2v) is 3.53. The highest BCUT2D eigenvalue weighted by Gasteiger charge is 2.03. The Labute approximate surface area is 84.1 Å². The number of hydrogen-bond acceptors (Lipinski definition) is 2. The zero-order chi connectivity index (χ0) is 9.14. The minimum Gasteiger partial charge on any atom is -0.293 e. The van der Waals surface area contributed by atoms with Gasteiger partial charge in [0, 0.05) is 11.4 Å². The van der Waals surface area contributed by atoms with E-state index in [1.165, 1.54) is 6.92 Å². The SMILES string of the molecule is CC(=O)c1cc(Br)cc(CCl)n1. The molecule has 0 saturated heterocycles. The maximum atomic E-state index is 10.9. The first-order chi connectivity index (χ1) is 5.63. The van der Waals surface area contributed by atoms with Crippen LogP contribution in [0.1, 0.15) is 23.1 Å². The molecule has 0 bridgehead atoms. The molecule has 0 aliphatic rings. The molecule has 0 N–H and O–H groups in total. The van der Waals surface area contributed by atoms with Gasteiger partial charge in [0.1, 0.15) is 5.69 Å². The van der Waals surface area contributed by atoms with Crippen molar-refractivity contribution in [2.24, 2.45) is 0 Å². The van der Waals surface area contributed by atoms with Crippen molar-refractivity contribution in [3.63, 3.8) is 0 Å². The van der Waals surface area contributed by atoms with Crippen LogP contribution in [0.2, 0.25) is 0 Å². The molecule has 0 aliphatic heterocycles. The number of nitrogens with zero attached hydrogens (tertiary/aromatic N) is 1. The minimum atomic E-state index is -0.0531. The second kappa shape index (κ2) is 4.01. The summed E-state index contributed by atoms with van der Waals surface area (Å²) < 4.78 is 0.832. The fraction of sp³-hybridized carbons (Fsp3) is 0.250. The predicted molar refractivity (Wildman–Crippen MR) is 51.5 cm³/mol. The van der Waals surface area contributed by atoms with Crippen LogP contribution in [0, 0.1) is 0 Å². The van der Waals surface area contributed by atoms with Crippen LogP contribution < -0.4 is 0 Å². The number of Topliss-reactive ketones (excluding diaryl/α,β-unsaturated/α-hetero) is 1. The summed E-state index contributed by atoms with van der Waals surface area (Å²) in [5.41, 5.74) is 1.15. The normalized spacial score (nSPS) is 9.92. The summed E-state index contributed by atoms with van der Waals surface area (Å²) in [5, 5.41) is 0. The van der Waals surface area contributed by atoms with Gasteiger partial charge in [-0.05, 0) is 12.1 Å². The summed E-state index contributed by atoms with van der Waals surface area (Å²) in [6.07, 6.45) is 0. The number of carbonyl (C=O) groups excluding carboxylic acids is 1. The second-order valence-electron chi connectivity index (χ2n) is 2.35. The van der Waals surface area contributed by atoms with Gasteiger partial charge in [-0.15, -0.1) is 11.6 Å². The Kier molecular flexibility index (Phi) is 3.23. The van der Waals surface area contributed by atoms with Crippen LogP contribution in [0.4, 0.5) is 0 Å². The summed E-state index contributed by atoms with van der Waals surface area (Å²) >= 11 is 8.85. The quantitative estimate of drug-likeness (QED) is 0.595. The molecule has 4 heteroatoms. The molecule has 0 atom stereocenters. The fourth-order valence-electron chi connectivity index (χ4n) is 0.800. The van der Waals surface area contributed by atoms with Crippen molar-refractivity contribution in [1.29, 1.82) is 0 Å². The number of halogens is 2. The number of pyridine rings is 1. The van der Waals surface area contributed by atoms with Crippen LogP contribution in [0.5, 0.6) is 0 Å². The van der Waals surface area contributed by atoms with Gasteiger partial charge in [0.2, 0.25) is 0 Å². The first-order valence-corrected chi connectivity index (χ1v) is 4.69. The Bertz CT molecular complexity index is 314. The predicted octanol–water partition coefficient (Wildman–Crippen LogP) is 2.79. The lowest BCUT2D eigenvalue weighted by Crippen LogP contribution is -1.99. The Morgan fingerprint density at radius 2 is 2.33 bits per heavy atom. The number of hydrogen-bond donors (Lipinski definition) is 0. The molecule has 0 radical (unpaired) electrons. The Morgan fingerprint density at radius 3 is 2.83 bits per heavy atom. The standard InChI is InChI=1S/C8H7BrClNO/c1-5(12)8-3-6(9)2-7(4-10)11-8/h2-3H,4H2,1H3. The monoisotopic (exact) mass is 247 g/mol. The van der Waals surface area contributed by atoms with E-state index in [-0.39, 0.29) is 5.78 Å². The van der Waals surface area contributed by atoms with Gasteiger partial charge in [0.05, 0.1) is 11.6 Å². The van der Waals surface area contributed by atoms with Crippen molar-refractivity contribution in [3.8, 4) is 0 Å². The molecule has 0 fully saturated rings. The lowest BCUT2D eigenvalue weighted by molar-refractivity contribution is 0.101. The van der Waals surface area contributed by atoms with E-state index >= 15 is 0 Å². The summed E-state index contributed by atoms with van der Waals surface area (Å²) in [6.45, 7) is 1.48. The molecule has 0 unspecified atom stereocenters. The first kappa shape index (κ1) is 9.68. The smallest absolute Gasteiger partial charge is 0.178 e. The van der Waals surface area contributed by atoms with Crippen molar-refractivity contribution >= 4 is 33.3 Å². The molecule has 0 amide bonds. The molecular weight excluding hydrogens is 241 g/mol. The van der Waals surface area contributed by atoms with E-state index in [0.29, 0.717) is 17.3 Å². The zero-order valence-electron chi connectivity index (χ0n) is 6.47. The molecule has 1 heterocycles. The Morgan fingerprint density at radius 1 is 1.67 bits per heavy atom. The average Bonchev–Trinajstić information content (AvgIpc) is 2.03. The Hall–Kier alpha value is -0.410. The third-order valence-electron chi connectivity index (χ3n) is 1.34. The lowest BCUT2D eigenvalue weighted by Gasteiger charge is -1.99. The van der Waals surface area contributed by atoms with Gasteiger partial charge in [0.15, 0.2) is 5.78 Å². The van der Waals surface area contributed by atoms with Gasteiger partial charge in [-0.3, -0.25) is 4.79 Å². The summed E-state index contributed by atoms with van der Waals surface area (Å²) in [7, 11) is 0. The van der Waals surface area contributed by atoms with Gasteiger partial charge in [0.25, 0.3) is 0 Å². The number of aromatic nitrogens is 1. The van der Waals surface area contributed by atoms with E-state index in [4.69, 9.17) is 11.6 Å². The van der Waals surface area contributed by atoms with Gasteiger partial charge in [-0.2, -0.15) is 0 Å². The molecule has 1 aromatic heterocycles. The van der Waals surface area contributed by atoms with Gasteiger partial charge in [-0.1, -0.05) is 15.9 Å². The maximum Gasteiger partial charge on any atom is 0.178 e. The number of carbonyl (C=O) groups is 1. The van der Waals surface area contributed by atoms with Gasteiger partial charge >= 0.3 is 0 Å². The zero-order valence-corrected chi connectivity index (χ0v) is 8.82. The topological polar surface area (TPSA) is 30.0 Å². The molecule has 2 nitrogen and oxygen atoms in total. The van der Waals surface area contributed by atoms with Crippen molar-refractivity contribution in [2.45, 2.75) is 12.8 Å². The van der Waals surface area contributed by atoms with Crippen LogP contribution in [0.15, 0.2) is 16.6 Å². The van der Waals surface area contributed by atoms with Crippen LogP contribution in [0.25, 0.3) is 0 Å². The van der Waals surface area contributed by atoms with E-state index in [2.05, 4.69) is 20.9 Å². The molecule has 0 aromatic carbocycles. The van der Waals surface area contributed by atoms with Crippen LogP contribution in [-0.2, 0) is 5.88 Å². The highest BCUT2D eigenvalue weighted by Crippen LogP contribution is 2.14. The van der Waals surface area contributed by atoms with Crippen molar-refractivity contribution in [1.82, 2.24) is 4.98 Å². The van der Waals surface area contributed by atoms with Crippen molar-refractivity contribution in [2.75, 3.05) is 0 Å². The number of rotatable bonds is 2. The van der Waals surface area contributed by atoms with E-state index < -0.39 is 0 Å². The third kappa shape index (κ3) is 2.29.